The van der Waals surface area contributed by atoms with E-state index < -0.39 is 17.9 Å². The number of esters is 3. The van der Waals surface area contributed by atoms with Gasteiger partial charge < -0.3 is 18.9 Å². The summed E-state index contributed by atoms with van der Waals surface area (Å²) < 4.78 is 21.2. The number of hydrogen-bond donors (Lipinski definition) is 0. The van der Waals surface area contributed by atoms with Crippen LogP contribution in [0.3, 0.4) is 0 Å². The van der Waals surface area contributed by atoms with E-state index in [1.54, 1.807) is 35.7 Å². The quantitative estimate of drug-likeness (QED) is 0.0243. The first-order chi connectivity index (χ1) is 27.3. The van der Waals surface area contributed by atoms with Gasteiger partial charge in [0.25, 0.3) is 0 Å². The minimum absolute atomic E-state index is 0.258. The highest BCUT2D eigenvalue weighted by Crippen LogP contribution is 2.25. The summed E-state index contributed by atoms with van der Waals surface area (Å²) in [7, 11) is 1.34. The van der Waals surface area contributed by atoms with E-state index in [0.29, 0.717) is 30.1 Å². The lowest BCUT2D eigenvalue weighted by Gasteiger charge is -2.11. The molecule has 5 rings (SSSR count). The average Bonchev–Trinajstić information content (AvgIpc) is 3.24. The molecule has 0 aliphatic carbocycles. The standard InChI is InChI=1S/C47H40O7S2/c1-4-45(48)52-26-6-28-55-41-21-14-34(15-22-41)8-10-36-12-19-40-31-38(13-20-39(40)30-36)33-54-44-25-18-37(32-43(44)47(50)51-3)11-9-35-16-23-42(24-17-35)56-29-7-27-53-46(49)5-2/h4-5,12-25,30-32H,1-2,6-7,26-29,33H2,3H3. The van der Waals surface area contributed by atoms with Crippen LogP contribution >= 0.6 is 23.5 Å². The number of methoxy groups -OCH3 is 1. The highest BCUT2D eigenvalue weighted by molar-refractivity contribution is 7.99. The van der Waals surface area contributed by atoms with Crippen LogP contribution in [0, 0.1) is 23.7 Å². The minimum atomic E-state index is -0.507. The summed E-state index contributed by atoms with van der Waals surface area (Å²) >= 11 is 3.38. The van der Waals surface area contributed by atoms with Crippen LogP contribution in [-0.2, 0) is 30.4 Å². The maximum Gasteiger partial charge on any atom is 0.341 e. The molecule has 7 nitrogen and oxygen atoms in total. The van der Waals surface area contributed by atoms with Crippen molar-refractivity contribution < 1.29 is 33.3 Å². The summed E-state index contributed by atoms with van der Waals surface area (Å²) in [6.45, 7) is 7.79. The average molecular weight is 781 g/mol. The summed E-state index contributed by atoms with van der Waals surface area (Å²) in [5, 5.41) is 2.11. The lowest BCUT2D eigenvalue weighted by atomic mass is 10.0. The van der Waals surface area contributed by atoms with E-state index in [2.05, 4.69) is 49.0 Å². The topological polar surface area (TPSA) is 88.1 Å². The molecule has 0 aromatic heterocycles. The van der Waals surface area contributed by atoms with Crippen molar-refractivity contribution in [3.05, 3.63) is 162 Å². The molecule has 0 N–H and O–H groups in total. The fourth-order valence-corrected chi connectivity index (χ4v) is 6.80. The van der Waals surface area contributed by atoms with Crippen molar-refractivity contribution in [1.82, 2.24) is 0 Å². The fraction of sp³-hybridized carbons (Fsp3) is 0.170. The van der Waals surface area contributed by atoms with Crippen molar-refractivity contribution in [3.8, 4) is 29.4 Å². The Morgan fingerprint density at radius 2 is 1.09 bits per heavy atom. The molecule has 5 aromatic rings. The van der Waals surface area contributed by atoms with Gasteiger partial charge in [0.15, 0.2) is 0 Å². The molecule has 0 aliphatic heterocycles. The van der Waals surface area contributed by atoms with E-state index in [9.17, 15) is 14.4 Å². The zero-order valence-electron chi connectivity index (χ0n) is 31.0. The van der Waals surface area contributed by atoms with E-state index in [0.717, 1.165) is 73.2 Å². The van der Waals surface area contributed by atoms with Gasteiger partial charge in [-0.1, -0.05) is 55.0 Å². The molecule has 0 heterocycles. The van der Waals surface area contributed by atoms with Crippen LogP contribution in [0.2, 0.25) is 0 Å². The molecule has 0 saturated heterocycles. The molecule has 0 saturated carbocycles. The van der Waals surface area contributed by atoms with Crippen molar-refractivity contribution in [2.75, 3.05) is 31.8 Å². The highest BCUT2D eigenvalue weighted by Gasteiger charge is 2.14. The van der Waals surface area contributed by atoms with E-state index >= 15 is 0 Å². The Morgan fingerprint density at radius 1 is 0.607 bits per heavy atom. The monoisotopic (exact) mass is 780 g/mol. The number of thioether (sulfide) groups is 2. The molecule has 0 spiro atoms. The van der Waals surface area contributed by atoms with Crippen molar-refractivity contribution >= 4 is 52.2 Å². The number of ether oxygens (including phenoxy) is 4. The number of rotatable bonds is 16. The lowest BCUT2D eigenvalue weighted by molar-refractivity contribution is -0.138. The second kappa shape index (κ2) is 21.7. The predicted molar refractivity (Wildman–Crippen MR) is 224 cm³/mol. The summed E-state index contributed by atoms with van der Waals surface area (Å²) in [5.41, 5.74) is 4.57. The third-order valence-corrected chi connectivity index (χ3v) is 10.2. The molecular formula is C47H40O7S2. The third-order valence-electron chi connectivity index (χ3n) is 8.03. The van der Waals surface area contributed by atoms with Crippen molar-refractivity contribution in [2.24, 2.45) is 0 Å². The maximum absolute atomic E-state index is 12.7. The predicted octanol–water partition coefficient (Wildman–Crippen LogP) is 9.43. The van der Waals surface area contributed by atoms with Crippen LogP contribution in [0.1, 0.15) is 51.0 Å². The number of hydrogen-bond acceptors (Lipinski definition) is 9. The van der Waals surface area contributed by atoms with E-state index in [-0.39, 0.29) is 6.61 Å². The third kappa shape index (κ3) is 13.0. The zero-order valence-corrected chi connectivity index (χ0v) is 32.6. The molecule has 282 valence electrons. The second-order valence-electron chi connectivity index (χ2n) is 12.1. The van der Waals surface area contributed by atoms with Crippen LogP contribution in [0.5, 0.6) is 5.75 Å². The molecule has 0 atom stereocenters. The Labute approximate surface area is 336 Å². The van der Waals surface area contributed by atoms with Gasteiger partial charge in [0.05, 0.1) is 20.3 Å². The first-order valence-electron chi connectivity index (χ1n) is 17.8. The summed E-state index contributed by atoms with van der Waals surface area (Å²) in [6.07, 6.45) is 3.85. The van der Waals surface area contributed by atoms with Crippen molar-refractivity contribution in [3.63, 3.8) is 0 Å². The molecule has 0 unspecified atom stereocenters. The largest absolute Gasteiger partial charge is 0.488 e. The minimum Gasteiger partial charge on any atom is -0.488 e. The van der Waals surface area contributed by atoms with Gasteiger partial charge in [0.1, 0.15) is 17.9 Å². The van der Waals surface area contributed by atoms with Crippen molar-refractivity contribution in [1.29, 1.82) is 0 Å². The fourth-order valence-electron chi connectivity index (χ4n) is 5.15. The second-order valence-corrected chi connectivity index (χ2v) is 14.4. The van der Waals surface area contributed by atoms with Gasteiger partial charge in [0.2, 0.25) is 0 Å². The Bertz CT molecular complexity index is 2310. The molecule has 9 heteroatoms. The normalized spacial score (nSPS) is 10.2. The molecule has 0 amide bonds. The summed E-state index contributed by atoms with van der Waals surface area (Å²) in [4.78, 5) is 37.2. The number of fused-ring (bicyclic) bond motifs is 1. The molecule has 56 heavy (non-hydrogen) atoms. The van der Waals surface area contributed by atoms with Gasteiger partial charge in [-0.15, -0.1) is 23.5 Å². The number of carbonyl (C=O) groups excluding carboxylic acids is 3. The summed E-state index contributed by atoms with van der Waals surface area (Å²) in [6, 6.07) is 33.5. The van der Waals surface area contributed by atoms with Crippen LogP contribution in [-0.4, -0.2) is 49.7 Å². The van der Waals surface area contributed by atoms with E-state index in [4.69, 9.17) is 18.9 Å². The van der Waals surface area contributed by atoms with Crippen molar-refractivity contribution in [2.45, 2.75) is 29.2 Å². The van der Waals surface area contributed by atoms with Gasteiger partial charge in [-0.05, 0) is 114 Å². The molecule has 0 aliphatic rings. The van der Waals surface area contributed by atoms with Crippen LogP contribution in [0.15, 0.2) is 138 Å². The molecule has 5 aromatic carbocycles. The molecule has 0 fully saturated rings. The first-order valence-corrected chi connectivity index (χ1v) is 19.8. The Hall–Kier alpha value is -6.13. The molecular weight excluding hydrogens is 741 g/mol. The van der Waals surface area contributed by atoms with E-state index in [1.807, 2.05) is 78.9 Å². The first kappa shape index (κ1) is 41.0. The van der Waals surface area contributed by atoms with E-state index in [1.165, 1.54) is 13.2 Å². The maximum atomic E-state index is 12.7. The smallest absolute Gasteiger partial charge is 0.341 e. The van der Waals surface area contributed by atoms with Crippen LogP contribution < -0.4 is 4.74 Å². The molecule has 0 bridgehead atoms. The highest BCUT2D eigenvalue weighted by atomic mass is 32.2. The number of benzene rings is 5. The Balaban J connectivity index is 1.15. The zero-order chi connectivity index (χ0) is 39.5. The van der Waals surface area contributed by atoms with Gasteiger partial charge >= 0.3 is 17.9 Å². The van der Waals surface area contributed by atoms with Gasteiger partial charge in [-0.25, -0.2) is 14.4 Å². The lowest BCUT2D eigenvalue weighted by Crippen LogP contribution is -2.06. The van der Waals surface area contributed by atoms with Gasteiger partial charge in [0, 0.05) is 55.7 Å². The van der Waals surface area contributed by atoms with Crippen LogP contribution in [0.4, 0.5) is 0 Å². The van der Waals surface area contributed by atoms with Gasteiger partial charge in [-0.2, -0.15) is 0 Å². The van der Waals surface area contributed by atoms with Crippen LogP contribution in [0.25, 0.3) is 10.8 Å². The Kier molecular flexibility index (Phi) is 15.9. The van der Waals surface area contributed by atoms with Gasteiger partial charge in [-0.3, -0.25) is 0 Å². The SMILES string of the molecule is C=CC(=O)OCCCSc1ccc(C#Cc2ccc(OCc3ccc4cc(C#Cc5ccc(SCCCOC(=O)C=C)cc5)ccc4c3)c(C(=O)OC)c2)cc1. The Morgan fingerprint density at radius 3 is 1.64 bits per heavy atom. The molecule has 0 radical (unpaired) electrons. The summed E-state index contributed by atoms with van der Waals surface area (Å²) in [5.74, 6) is 13.6. The number of carbonyl (C=O) groups is 3.